The minimum absolute atomic E-state index is 0.189. The van der Waals surface area contributed by atoms with Crippen LogP contribution in [0.1, 0.15) is 5.48 Å². The third-order valence-corrected chi connectivity index (χ3v) is 1.00. The topological polar surface area (TPSA) is 43.1 Å². The predicted octanol–water partition coefficient (Wildman–Crippen LogP) is 1.88. The molecule has 3 nitrogen and oxygen atoms in total. The highest BCUT2D eigenvalue weighted by Gasteiger charge is 2.00. The quantitative estimate of drug-likeness (QED) is 0.386. The molecule has 0 fully saturated rings. The highest BCUT2D eigenvalue weighted by atomic mass is 32.1. The summed E-state index contributed by atoms with van der Waals surface area (Å²) in [7, 11) is 0. The second-order valence-corrected chi connectivity index (χ2v) is 1.90. The van der Waals surface area contributed by atoms with Crippen LogP contribution in [0.4, 0.5) is 5.69 Å². The zero-order chi connectivity index (χ0) is 11.0. The van der Waals surface area contributed by atoms with Gasteiger partial charge in [0.2, 0.25) is 0 Å². The summed E-state index contributed by atoms with van der Waals surface area (Å²) in [4.78, 5) is 9.31. The Morgan fingerprint density at radius 3 is 2.40 bits per heavy atom. The second-order valence-electron chi connectivity index (χ2n) is 1.45. The molecule has 0 aromatic heterocycles. The lowest BCUT2D eigenvalue weighted by atomic mass is 10.3. The molecule has 0 unspecified atom stereocenters. The molecule has 0 N–H and O–H groups in total. The van der Waals surface area contributed by atoms with Crippen LogP contribution < -0.4 is 0 Å². The average molecular weight is 159 g/mol. The molecule has 0 atom stereocenters. The molecule has 1 aromatic carbocycles. The molecule has 0 aliphatic rings. The number of nitrogens with zero attached hydrogens (tertiary/aromatic N) is 1. The van der Waals surface area contributed by atoms with Crippen molar-refractivity contribution in [3.8, 4) is 0 Å². The van der Waals surface area contributed by atoms with Gasteiger partial charge in [0.1, 0.15) is 0 Å². The fourth-order valence-electron chi connectivity index (χ4n) is 0.391. The third-order valence-electron chi connectivity index (χ3n) is 0.781. The van der Waals surface area contributed by atoms with Crippen molar-refractivity contribution >= 4 is 18.3 Å². The van der Waals surface area contributed by atoms with Crippen molar-refractivity contribution in [1.82, 2.24) is 0 Å². The van der Waals surface area contributed by atoms with Gasteiger partial charge in [-0.2, -0.15) is 0 Å². The van der Waals surface area contributed by atoms with Gasteiger partial charge in [-0.05, 0) is 12.1 Å². The molecule has 0 aliphatic carbocycles. The van der Waals surface area contributed by atoms with Gasteiger partial charge in [-0.25, -0.2) is 0 Å². The molecule has 4 heteroatoms. The minimum atomic E-state index is -0.937. The molecule has 0 saturated heterocycles. The maximum atomic E-state index is 10.4. The summed E-state index contributed by atoms with van der Waals surface area (Å²) in [5.74, 6) is 0. The molecule has 0 saturated carbocycles. The summed E-state index contributed by atoms with van der Waals surface area (Å²) in [6.45, 7) is 0. The van der Waals surface area contributed by atoms with E-state index in [1.165, 1.54) is 0 Å². The smallest absolute Gasteiger partial charge is 0.258 e. The van der Waals surface area contributed by atoms with E-state index >= 15 is 0 Å². The molecule has 0 bridgehead atoms. The van der Waals surface area contributed by atoms with E-state index in [1.54, 1.807) is 0 Å². The molecule has 0 heterocycles. The van der Waals surface area contributed by atoms with Crippen LogP contribution in [0, 0.1) is 10.1 Å². The number of hydrogen-bond acceptors (Lipinski definition) is 3. The molecule has 1 rings (SSSR count). The second kappa shape index (κ2) is 2.70. The van der Waals surface area contributed by atoms with E-state index in [9.17, 15) is 10.1 Å². The summed E-state index contributed by atoms with van der Waals surface area (Å²) in [5, 5.41) is 10.4. The standard InChI is InChI=1S/C6H5NO2S/c8-7(9)5-1-3-6(10)4-2-5/h1-4,10H/i1D,2D,3D,4D. The van der Waals surface area contributed by atoms with Crippen molar-refractivity contribution in [2.45, 2.75) is 4.90 Å². The van der Waals surface area contributed by atoms with Crippen LogP contribution >= 0.6 is 12.6 Å². The molecule has 0 spiro atoms. The van der Waals surface area contributed by atoms with E-state index < -0.39 is 34.8 Å². The Hall–Kier alpha value is -1.03. The molecule has 10 heavy (non-hydrogen) atoms. The Bertz CT molecular complexity index is 394. The zero-order valence-corrected chi connectivity index (χ0v) is 5.61. The molecule has 1 aromatic rings. The summed E-state index contributed by atoms with van der Waals surface area (Å²) in [6, 6.07) is -2.36. The Kier molecular flexibility index (Phi) is 0.915. The monoisotopic (exact) mass is 159 g/mol. The average Bonchev–Trinajstić information content (AvgIpc) is 2.11. The summed E-state index contributed by atoms with van der Waals surface area (Å²) >= 11 is 3.73. The number of hydrogen-bond donors (Lipinski definition) is 1. The van der Waals surface area contributed by atoms with Gasteiger partial charge in [0.15, 0.2) is 0 Å². The Morgan fingerprint density at radius 1 is 1.50 bits per heavy atom. The first-order chi connectivity index (χ1) is 6.37. The number of nitro benzene ring substituents is 1. The highest BCUT2D eigenvalue weighted by molar-refractivity contribution is 7.80. The van der Waals surface area contributed by atoms with Crippen LogP contribution in [0.2, 0.25) is 0 Å². The molecular weight excluding hydrogens is 150 g/mol. The zero-order valence-electron chi connectivity index (χ0n) is 8.71. The van der Waals surface area contributed by atoms with E-state index in [-0.39, 0.29) is 4.90 Å². The number of benzene rings is 1. The Morgan fingerprint density at radius 2 is 2.00 bits per heavy atom. The largest absolute Gasteiger partial charge is 0.269 e. The molecule has 0 amide bonds. The highest BCUT2D eigenvalue weighted by Crippen LogP contribution is 2.13. The van der Waals surface area contributed by atoms with Gasteiger partial charge in [-0.3, -0.25) is 10.1 Å². The van der Waals surface area contributed by atoms with Crippen molar-refractivity contribution in [3.63, 3.8) is 0 Å². The lowest BCUT2D eigenvalue weighted by molar-refractivity contribution is -0.384. The number of nitro groups is 1. The van der Waals surface area contributed by atoms with Crippen LogP contribution in [0.25, 0.3) is 0 Å². The number of thiol groups is 1. The summed E-state index contributed by atoms with van der Waals surface area (Å²) in [6.07, 6.45) is 0. The predicted molar refractivity (Wildman–Crippen MR) is 40.3 cm³/mol. The Labute approximate surface area is 68.9 Å². The first-order valence-corrected chi connectivity index (χ1v) is 2.76. The summed E-state index contributed by atoms with van der Waals surface area (Å²) in [5.41, 5.74) is -0.821. The van der Waals surface area contributed by atoms with Crippen LogP contribution in [0.3, 0.4) is 0 Å². The lowest BCUT2D eigenvalue weighted by Crippen LogP contribution is -1.85. The Balaban J connectivity index is 3.68. The number of rotatable bonds is 1. The fourth-order valence-corrected chi connectivity index (χ4v) is 0.502. The van der Waals surface area contributed by atoms with Gasteiger partial charge in [0, 0.05) is 17.0 Å². The van der Waals surface area contributed by atoms with Crippen molar-refractivity contribution < 1.29 is 10.4 Å². The SMILES string of the molecule is [2H]c1c([2H])c([N+](=O)[O-])c([2H])c([2H])c1S. The summed E-state index contributed by atoms with van der Waals surface area (Å²) < 4.78 is 28.9. The van der Waals surface area contributed by atoms with Crippen molar-refractivity contribution in [3.05, 3.63) is 34.3 Å². The first-order valence-electron chi connectivity index (χ1n) is 4.31. The van der Waals surface area contributed by atoms with Gasteiger partial charge in [-0.15, -0.1) is 12.6 Å². The van der Waals surface area contributed by atoms with Gasteiger partial charge < -0.3 is 0 Å². The van der Waals surface area contributed by atoms with Gasteiger partial charge in [0.05, 0.1) is 10.4 Å². The van der Waals surface area contributed by atoms with Crippen LogP contribution in [-0.4, -0.2) is 4.92 Å². The molecule has 0 radical (unpaired) electrons. The van der Waals surface area contributed by atoms with Gasteiger partial charge >= 0.3 is 0 Å². The van der Waals surface area contributed by atoms with Crippen molar-refractivity contribution in [2.75, 3.05) is 0 Å². The normalized spacial score (nSPS) is 14.9. The van der Waals surface area contributed by atoms with Gasteiger partial charge in [0.25, 0.3) is 5.69 Å². The maximum absolute atomic E-state index is 10.4. The molecule has 0 aliphatic heterocycles. The van der Waals surface area contributed by atoms with E-state index in [0.29, 0.717) is 0 Å². The van der Waals surface area contributed by atoms with E-state index in [1.807, 2.05) is 0 Å². The van der Waals surface area contributed by atoms with Crippen molar-refractivity contribution in [2.24, 2.45) is 0 Å². The third kappa shape index (κ3) is 1.48. The first kappa shape index (κ1) is 3.39. The fraction of sp³-hybridized carbons (Fsp3) is 0. The molecular formula is C6H5NO2S. The van der Waals surface area contributed by atoms with Crippen molar-refractivity contribution in [1.29, 1.82) is 0 Å². The van der Waals surface area contributed by atoms with Crippen LogP contribution in [0.15, 0.2) is 29.1 Å². The van der Waals surface area contributed by atoms with Crippen LogP contribution in [-0.2, 0) is 0 Å². The van der Waals surface area contributed by atoms with Gasteiger partial charge in [-0.1, -0.05) is 0 Å². The maximum Gasteiger partial charge on any atom is 0.269 e. The van der Waals surface area contributed by atoms with Crippen LogP contribution in [0.5, 0.6) is 0 Å². The minimum Gasteiger partial charge on any atom is -0.258 e. The lowest BCUT2D eigenvalue weighted by Gasteiger charge is -1.89. The van der Waals surface area contributed by atoms with E-state index in [2.05, 4.69) is 12.6 Å². The molecule has 52 valence electrons. The van der Waals surface area contributed by atoms with E-state index in [0.717, 1.165) is 0 Å². The van der Waals surface area contributed by atoms with E-state index in [4.69, 9.17) is 5.48 Å².